The van der Waals surface area contributed by atoms with Crippen molar-refractivity contribution in [2.24, 2.45) is 11.1 Å². The van der Waals surface area contributed by atoms with E-state index in [-0.39, 0.29) is 11.7 Å². The summed E-state index contributed by atoms with van der Waals surface area (Å²) in [6, 6.07) is 6.70. The molecule has 0 aliphatic heterocycles. The number of amides is 1. The number of carbonyl (C=O) groups excluding carboxylic acids is 1. The van der Waals surface area contributed by atoms with E-state index < -0.39 is 10.0 Å². The highest BCUT2D eigenvalue weighted by atomic mass is 32.2. The van der Waals surface area contributed by atoms with Gasteiger partial charge in [0.25, 0.3) is 0 Å². The lowest BCUT2D eigenvalue weighted by atomic mass is 10.1. The molecule has 0 fully saturated rings. The van der Waals surface area contributed by atoms with Crippen molar-refractivity contribution >= 4 is 21.6 Å². The average Bonchev–Trinajstić information content (AvgIpc) is 2.24. The SMILES string of the molecule is CC(C)CCC(=O)Nc1cccc(CS(N)(=O)=O)c1. The predicted octanol–water partition coefficient (Wildman–Crippen LogP) is 1.85. The first kappa shape index (κ1) is 15.7. The van der Waals surface area contributed by atoms with E-state index in [9.17, 15) is 13.2 Å². The van der Waals surface area contributed by atoms with Gasteiger partial charge in [0.05, 0.1) is 5.75 Å². The topological polar surface area (TPSA) is 89.3 Å². The molecule has 0 radical (unpaired) electrons. The number of nitrogens with one attached hydrogen (secondary N) is 1. The van der Waals surface area contributed by atoms with E-state index in [1.165, 1.54) is 0 Å². The standard InChI is InChI=1S/C13H20N2O3S/c1-10(2)6-7-13(16)15-12-5-3-4-11(8-12)9-19(14,17)18/h3-5,8,10H,6-7,9H2,1-2H3,(H,15,16)(H2,14,17,18). The van der Waals surface area contributed by atoms with Crippen molar-refractivity contribution in [3.8, 4) is 0 Å². The number of nitrogens with two attached hydrogens (primary N) is 1. The Bertz CT molecular complexity index is 539. The van der Waals surface area contributed by atoms with Crippen LogP contribution in [0, 0.1) is 5.92 Å². The van der Waals surface area contributed by atoms with Gasteiger partial charge in [0.15, 0.2) is 0 Å². The Balaban J connectivity index is 2.64. The van der Waals surface area contributed by atoms with Gasteiger partial charge in [-0.05, 0) is 30.0 Å². The molecular weight excluding hydrogens is 264 g/mol. The average molecular weight is 284 g/mol. The summed E-state index contributed by atoms with van der Waals surface area (Å²) in [7, 11) is -3.56. The molecule has 106 valence electrons. The van der Waals surface area contributed by atoms with E-state index in [1.54, 1.807) is 24.3 Å². The summed E-state index contributed by atoms with van der Waals surface area (Å²) >= 11 is 0. The zero-order valence-electron chi connectivity index (χ0n) is 11.2. The maximum absolute atomic E-state index is 11.7. The van der Waals surface area contributed by atoms with Gasteiger partial charge in [0, 0.05) is 12.1 Å². The second-order valence-corrected chi connectivity index (χ2v) is 6.60. The van der Waals surface area contributed by atoms with E-state index in [2.05, 4.69) is 19.2 Å². The van der Waals surface area contributed by atoms with Gasteiger partial charge in [-0.1, -0.05) is 26.0 Å². The predicted molar refractivity (Wildman–Crippen MR) is 76.0 cm³/mol. The molecule has 0 aliphatic rings. The molecule has 1 aromatic rings. The van der Waals surface area contributed by atoms with Crippen LogP contribution in [0.4, 0.5) is 5.69 Å². The minimum atomic E-state index is -3.56. The fourth-order valence-electron chi connectivity index (χ4n) is 1.61. The van der Waals surface area contributed by atoms with Crippen molar-refractivity contribution in [2.75, 3.05) is 5.32 Å². The molecule has 0 saturated carbocycles. The lowest BCUT2D eigenvalue weighted by Crippen LogP contribution is -2.15. The zero-order valence-corrected chi connectivity index (χ0v) is 12.0. The Hall–Kier alpha value is -1.40. The van der Waals surface area contributed by atoms with E-state index in [4.69, 9.17) is 5.14 Å². The first-order valence-electron chi connectivity index (χ1n) is 6.15. The third-order valence-electron chi connectivity index (χ3n) is 2.53. The van der Waals surface area contributed by atoms with Crippen molar-refractivity contribution in [2.45, 2.75) is 32.4 Å². The van der Waals surface area contributed by atoms with E-state index >= 15 is 0 Å². The van der Waals surface area contributed by atoms with Crippen molar-refractivity contribution in [3.05, 3.63) is 29.8 Å². The van der Waals surface area contributed by atoms with Crippen LogP contribution in [0.1, 0.15) is 32.3 Å². The van der Waals surface area contributed by atoms with Gasteiger partial charge in [-0.15, -0.1) is 0 Å². The lowest BCUT2D eigenvalue weighted by Gasteiger charge is -2.08. The zero-order chi connectivity index (χ0) is 14.5. The summed E-state index contributed by atoms with van der Waals surface area (Å²) in [5, 5.41) is 7.73. The van der Waals surface area contributed by atoms with Gasteiger partial charge in [-0.3, -0.25) is 4.79 Å². The van der Waals surface area contributed by atoms with Crippen molar-refractivity contribution < 1.29 is 13.2 Å². The fourth-order valence-corrected chi connectivity index (χ4v) is 2.26. The number of carbonyl (C=O) groups is 1. The van der Waals surface area contributed by atoms with Crippen LogP contribution in [0.25, 0.3) is 0 Å². The van der Waals surface area contributed by atoms with Crippen LogP contribution in [0.15, 0.2) is 24.3 Å². The monoisotopic (exact) mass is 284 g/mol. The molecule has 0 aromatic heterocycles. The number of rotatable bonds is 6. The van der Waals surface area contributed by atoms with Gasteiger partial charge in [-0.2, -0.15) is 0 Å². The summed E-state index contributed by atoms with van der Waals surface area (Å²) in [6.45, 7) is 4.11. The quantitative estimate of drug-likeness (QED) is 0.835. The molecule has 0 saturated heterocycles. The third kappa shape index (κ3) is 6.93. The molecule has 0 unspecified atom stereocenters. The number of sulfonamides is 1. The highest BCUT2D eigenvalue weighted by molar-refractivity contribution is 7.88. The van der Waals surface area contributed by atoms with Crippen LogP contribution < -0.4 is 10.5 Å². The normalized spacial score (nSPS) is 11.6. The van der Waals surface area contributed by atoms with Gasteiger partial charge < -0.3 is 5.32 Å². The second-order valence-electron chi connectivity index (χ2n) is 4.99. The summed E-state index contributed by atoms with van der Waals surface area (Å²) in [5.41, 5.74) is 1.15. The number of primary sulfonamides is 1. The Morgan fingerprint density at radius 2 is 2.05 bits per heavy atom. The number of hydrogen-bond acceptors (Lipinski definition) is 3. The van der Waals surface area contributed by atoms with Gasteiger partial charge >= 0.3 is 0 Å². The molecule has 1 rings (SSSR count). The van der Waals surface area contributed by atoms with Crippen LogP contribution in [0.2, 0.25) is 0 Å². The van der Waals surface area contributed by atoms with E-state index in [0.29, 0.717) is 23.6 Å². The van der Waals surface area contributed by atoms with Crippen LogP contribution in [-0.4, -0.2) is 14.3 Å². The highest BCUT2D eigenvalue weighted by Gasteiger charge is 2.07. The largest absolute Gasteiger partial charge is 0.326 e. The fraction of sp³-hybridized carbons (Fsp3) is 0.462. The number of anilines is 1. The Morgan fingerprint density at radius 1 is 1.37 bits per heavy atom. The molecule has 19 heavy (non-hydrogen) atoms. The van der Waals surface area contributed by atoms with Gasteiger partial charge in [0.1, 0.15) is 0 Å². The molecule has 5 nitrogen and oxygen atoms in total. The second kappa shape index (κ2) is 6.68. The molecule has 6 heteroatoms. The Morgan fingerprint density at radius 3 is 2.63 bits per heavy atom. The van der Waals surface area contributed by atoms with E-state index in [0.717, 1.165) is 6.42 Å². The molecule has 1 aromatic carbocycles. The molecule has 3 N–H and O–H groups in total. The first-order chi connectivity index (χ1) is 8.76. The highest BCUT2D eigenvalue weighted by Crippen LogP contribution is 2.13. The Labute approximate surface area is 114 Å². The van der Waals surface area contributed by atoms with Crippen molar-refractivity contribution in [3.63, 3.8) is 0 Å². The Kier molecular flexibility index (Phi) is 5.50. The van der Waals surface area contributed by atoms with E-state index in [1.807, 2.05) is 0 Å². The summed E-state index contributed by atoms with van der Waals surface area (Å²) in [5.74, 6) is 0.170. The smallest absolute Gasteiger partial charge is 0.224 e. The van der Waals surface area contributed by atoms with Crippen molar-refractivity contribution in [1.29, 1.82) is 0 Å². The summed E-state index contributed by atoms with van der Waals surface area (Å²) in [6.07, 6.45) is 1.28. The minimum absolute atomic E-state index is 0.0681. The number of benzene rings is 1. The van der Waals surface area contributed by atoms with Gasteiger partial charge in [-0.25, -0.2) is 13.6 Å². The maximum Gasteiger partial charge on any atom is 0.224 e. The van der Waals surface area contributed by atoms with Crippen LogP contribution >= 0.6 is 0 Å². The molecule has 0 aliphatic carbocycles. The minimum Gasteiger partial charge on any atom is -0.326 e. The first-order valence-corrected chi connectivity index (χ1v) is 7.87. The third-order valence-corrected chi connectivity index (χ3v) is 3.26. The molecule has 0 atom stereocenters. The molecule has 0 heterocycles. The summed E-state index contributed by atoms with van der Waals surface area (Å²) < 4.78 is 22.0. The maximum atomic E-state index is 11.7. The molecular formula is C13H20N2O3S. The van der Waals surface area contributed by atoms with Crippen LogP contribution in [-0.2, 0) is 20.6 Å². The van der Waals surface area contributed by atoms with Crippen LogP contribution in [0.3, 0.4) is 0 Å². The molecule has 0 bridgehead atoms. The molecule has 0 spiro atoms. The van der Waals surface area contributed by atoms with Gasteiger partial charge in [0.2, 0.25) is 15.9 Å². The lowest BCUT2D eigenvalue weighted by molar-refractivity contribution is -0.116. The van der Waals surface area contributed by atoms with Crippen molar-refractivity contribution in [1.82, 2.24) is 0 Å². The van der Waals surface area contributed by atoms with Crippen LogP contribution in [0.5, 0.6) is 0 Å². The summed E-state index contributed by atoms with van der Waals surface area (Å²) in [4.78, 5) is 11.7. The molecule has 1 amide bonds. The number of hydrogen-bond donors (Lipinski definition) is 2.